The van der Waals surface area contributed by atoms with Gasteiger partial charge in [0.05, 0.1) is 11.2 Å². The lowest BCUT2D eigenvalue weighted by atomic mass is 10.1. The molecule has 0 radical (unpaired) electrons. The van der Waals surface area contributed by atoms with Crippen molar-refractivity contribution < 1.29 is 4.79 Å². The highest BCUT2D eigenvalue weighted by atomic mass is 32.1. The van der Waals surface area contributed by atoms with E-state index in [0.717, 1.165) is 40.7 Å². The lowest BCUT2D eigenvalue weighted by Crippen LogP contribution is -2.27. The van der Waals surface area contributed by atoms with Crippen LogP contribution >= 0.6 is 11.3 Å². The number of hydrogen-bond donors (Lipinski definition) is 1. The van der Waals surface area contributed by atoms with Gasteiger partial charge in [-0.3, -0.25) is 15.1 Å². The van der Waals surface area contributed by atoms with Crippen molar-refractivity contribution in [1.29, 1.82) is 5.41 Å². The molecule has 1 aliphatic rings. The molecule has 1 aromatic carbocycles. The molecular formula is C18H19N3OS. The number of nitrogens with one attached hydrogen (secondary N) is 1. The molecule has 1 N–H and O–H groups in total. The van der Waals surface area contributed by atoms with E-state index in [2.05, 4.69) is 0 Å². The molecule has 118 valence electrons. The highest BCUT2D eigenvalue weighted by Gasteiger charge is 2.20. The Balaban J connectivity index is 2.00. The third kappa shape index (κ3) is 2.92. The Bertz CT molecular complexity index is 817. The summed E-state index contributed by atoms with van der Waals surface area (Å²) in [6.07, 6.45) is 8.93. The maximum Gasteiger partial charge on any atom is 0.273 e. The molecule has 5 heteroatoms. The Morgan fingerprint density at radius 2 is 2.13 bits per heavy atom. The second kappa shape index (κ2) is 6.38. The van der Waals surface area contributed by atoms with Gasteiger partial charge in [-0.2, -0.15) is 0 Å². The number of hydrogen-bond acceptors (Lipinski definition) is 4. The summed E-state index contributed by atoms with van der Waals surface area (Å²) in [5.41, 5.74) is 1.87. The minimum atomic E-state index is -0.149. The van der Waals surface area contributed by atoms with Gasteiger partial charge in [0.25, 0.3) is 5.91 Å². The third-order valence-corrected chi connectivity index (χ3v) is 4.92. The van der Waals surface area contributed by atoms with Gasteiger partial charge in [0.15, 0.2) is 0 Å². The summed E-state index contributed by atoms with van der Waals surface area (Å²) in [4.78, 5) is 16.9. The predicted octanol–water partition coefficient (Wildman–Crippen LogP) is 4.25. The molecule has 4 nitrogen and oxygen atoms in total. The lowest BCUT2D eigenvalue weighted by Gasteiger charge is -2.19. The van der Waals surface area contributed by atoms with E-state index in [1.807, 2.05) is 61.5 Å². The standard InChI is InChI=1S/C18H19N3OS/c1-20(2)15-9-6-10-16-14(15)11-17(23-16)18(22)21(12-19)13-7-4-3-5-8-13/h4,6-12,19H,3,5H2,1-2H3. The molecule has 1 amide bonds. The number of rotatable bonds is 4. The zero-order valence-corrected chi connectivity index (χ0v) is 14.1. The molecule has 0 saturated carbocycles. The van der Waals surface area contributed by atoms with Gasteiger partial charge in [-0.25, -0.2) is 0 Å². The molecular weight excluding hydrogens is 306 g/mol. The van der Waals surface area contributed by atoms with E-state index < -0.39 is 0 Å². The van der Waals surface area contributed by atoms with Crippen molar-refractivity contribution in [3.05, 3.63) is 53.1 Å². The number of carbonyl (C=O) groups excluding carboxylic acids is 1. The smallest absolute Gasteiger partial charge is 0.273 e. The molecule has 0 saturated heterocycles. The van der Waals surface area contributed by atoms with Crippen LogP contribution in [0.3, 0.4) is 0 Å². The van der Waals surface area contributed by atoms with E-state index in [-0.39, 0.29) is 5.91 Å². The number of nitrogens with zero attached hydrogens (tertiary/aromatic N) is 2. The number of benzene rings is 1. The monoisotopic (exact) mass is 325 g/mol. The van der Waals surface area contributed by atoms with Gasteiger partial charge in [0.1, 0.15) is 0 Å². The van der Waals surface area contributed by atoms with Crippen molar-refractivity contribution in [3.63, 3.8) is 0 Å². The van der Waals surface area contributed by atoms with Crippen LogP contribution in [0.25, 0.3) is 10.1 Å². The first-order chi connectivity index (χ1) is 11.1. The van der Waals surface area contributed by atoms with Gasteiger partial charge in [-0.1, -0.05) is 18.2 Å². The first-order valence-electron chi connectivity index (χ1n) is 7.52. The van der Waals surface area contributed by atoms with Crippen molar-refractivity contribution in [2.45, 2.75) is 12.8 Å². The second-order valence-electron chi connectivity index (χ2n) is 5.61. The average Bonchev–Trinajstić information content (AvgIpc) is 3.00. The molecule has 23 heavy (non-hydrogen) atoms. The maximum absolute atomic E-state index is 12.8. The largest absolute Gasteiger partial charge is 0.377 e. The zero-order chi connectivity index (χ0) is 16.4. The molecule has 3 rings (SSSR count). The Labute approximate surface area is 139 Å². The van der Waals surface area contributed by atoms with Crippen LogP contribution in [0.15, 0.2) is 48.2 Å². The van der Waals surface area contributed by atoms with Crippen LogP contribution in [0.2, 0.25) is 0 Å². The first-order valence-corrected chi connectivity index (χ1v) is 8.34. The fourth-order valence-corrected chi connectivity index (χ4v) is 3.71. The SMILES string of the molecule is CN(C)c1cccc2sc(C(=O)N(C=N)C3=CCCC=C3)cc12. The van der Waals surface area contributed by atoms with E-state index in [0.29, 0.717) is 4.88 Å². The number of thiophene rings is 1. The summed E-state index contributed by atoms with van der Waals surface area (Å²) in [6, 6.07) is 8.01. The molecule has 1 aromatic heterocycles. The molecule has 1 heterocycles. The van der Waals surface area contributed by atoms with E-state index in [4.69, 9.17) is 5.41 Å². The summed E-state index contributed by atoms with van der Waals surface area (Å²) in [6.45, 7) is 0. The van der Waals surface area contributed by atoms with Gasteiger partial charge < -0.3 is 4.90 Å². The predicted molar refractivity (Wildman–Crippen MR) is 97.6 cm³/mol. The van der Waals surface area contributed by atoms with Crippen molar-refractivity contribution in [1.82, 2.24) is 4.90 Å². The summed E-state index contributed by atoms with van der Waals surface area (Å²) in [5, 5.41) is 8.70. The molecule has 1 aliphatic carbocycles. The summed E-state index contributed by atoms with van der Waals surface area (Å²) in [5.74, 6) is -0.149. The van der Waals surface area contributed by atoms with E-state index in [9.17, 15) is 4.79 Å². The molecule has 0 aliphatic heterocycles. The fraction of sp³-hybridized carbons (Fsp3) is 0.222. The quantitative estimate of drug-likeness (QED) is 0.675. The second-order valence-corrected chi connectivity index (χ2v) is 6.69. The average molecular weight is 325 g/mol. The van der Waals surface area contributed by atoms with E-state index in [1.54, 1.807) is 0 Å². The van der Waals surface area contributed by atoms with Crippen LogP contribution in [0.5, 0.6) is 0 Å². The number of anilines is 1. The summed E-state index contributed by atoms with van der Waals surface area (Å²) in [7, 11) is 3.99. The molecule has 0 unspecified atom stereocenters. The summed E-state index contributed by atoms with van der Waals surface area (Å²) < 4.78 is 1.08. The third-order valence-electron chi connectivity index (χ3n) is 3.83. The topological polar surface area (TPSA) is 47.4 Å². The van der Waals surface area contributed by atoms with Gasteiger partial charge in [0.2, 0.25) is 0 Å². The Morgan fingerprint density at radius 3 is 2.78 bits per heavy atom. The van der Waals surface area contributed by atoms with Gasteiger partial charge in [0, 0.05) is 35.6 Å². The molecule has 0 fully saturated rings. The molecule has 2 aromatic rings. The van der Waals surface area contributed by atoms with Crippen LogP contribution in [-0.4, -0.2) is 31.2 Å². The molecule has 0 atom stereocenters. The van der Waals surface area contributed by atoms with Crippen LogP contribution in [0.1, 0.15) is 22.5 Å². The first kappa shape index (κ1) is 15.5. The van der Waals surface area contributed by atoms with Gasteiger partial charge in [-0.15, -0.1) is 11.3 Å². The molecule has 0 bridgehead atoms. The highest BCUT2D eigenvalue weighted by Crippen LogP contribution is 2.33. The van der Waals surface area contributed by atoms with Crippen LogP contribution in [0, 0.1) is 5.41 Å². The minimum absolute atomic E-state index is 0.149. The minimum Gasteiger partial charge on any atom is -0.377 e. The zero-order valence-electron chi connectivity index (χ0n) is 13.2. The van der Waals surface area contributed by atoms with Crippen molar-refractivity contribution in [2.75, 3.05) is 19.0 Å². The van der Waals surface area contributed by atoms with Crippen molar-refractivity contribution >= 4 is 39.4 Å². The maximum atomic E-state index is 12.8. The van der Waals surface area contributed by atoms with Crippen LogP contribution in [0.4, 0.5) is 5.69 Å². The Morgan fingerprint density at radius 1 is 1.30 bits per heavy atom. The highest BCUT2D eigenvalue weighted by molar-refractivity contribution is 7.20. The number of fused-ring (bicyclic) bond motifs is 1. The van der Waals surface area contributed by atoms with Gasteiger partial charge in [-0.05, 0) is 37.1 Å². The number of carbonyl (C=O) groups is 1. The normalized spacial score (nSPS) is 13.7. The number of amides is 1. The Kier molecular flexibility index (Phi) is 4.30. The van der Waals surface area contributed by atoms with E-state index in [1.165, 1.54) is 16.2 Å². The lowest BCUT2D eigenvalue weighted by molar-refractivity contribution is 0.0888. The van der Waals surface area contributed by atoms with Crippen molar-refractivity contribution in [2.24, 2.45) is 0 Å². The van der Waals surface area contributed by atoms with Crippen LogP contribution in [-0.2, 0) is 0 Å². The fourth-order valence-electron chi connectivity index (χ4n) is 2.69. The van der Waals surface area contributed by atoms with Crippen molar-refractivity contribution in [3.8, 4) is 0 Å². The van der Waals surface area contributed by atoms with E-state index >= 15 is 0 Å². The van der Waals surface area contributed by atoms with Gasteiger partial charge >= 0.3 is 0 Å². The number of allylic oxidation sites excluding steroid dienone is 3. The Hall–Kier alpha value is -2.40. The van der Waals surface area contributed by atoms with Crippen LogP contribution < -0.4 is 4.90 Å². The molecule has 0 spiro atoms. The summed E-state index contributed by atoms with van der Waals surface area (Å²) >= 11 is 1.47.